The Bertz CT molecular complexity index is 1080. The van der Waals surface area contributed by atoms with Crippen molar-refractivity contribution in [3.63, 3.8) is 0 Å². The number of fused-ring (bicyclic) bond motifs is 2. The van der Waals surface area contributed by atoms with Gasteiger partial charge in [0.15, 0.2) is 5.43 Å². The number of allylic oxidation sites excluding steroid dienone is 2. The minimum Gasteiger partial charge on any atom is -0.491 e. The Kier molecular flexibility index (Phi) is 4.62. The summed E-state index contributed by atoms with van der Waals surface area (Å²) >= 11 is 1.60. The molecule has 1 aliphatic rings. The van der Waals surface area contributed by atoms with Crippen LogP contribution in [0.3, 0.4) is 0 Å². The highest BCUT2D eigenvalue weighted by Gasteiger charge is 2.14. The Morgan fingerprint density at radius 1 is 1.19 bits per heavy atom. The van der Waals surface area contributed by atoms with E-state index in [-0.39, 0.29) is 12.0 Å². The van der Waals surface area contributed by atoms with Crippen LogP contribution in [-0.4, -0.2) is 17.8 Å². The fourth-order valence-corrected chi connectivity index (χ4v) is 4.19. The van der Waals surface area contributed by atoms with E-state index >= 15 is 0 Å². The summed E-state index contributed by atoms with van der Waals surface area (Å²) < 4.78 is 7.69. The van der Waals surface area contributed by atoms with Gasteiger partial charge in [-0.2, -0.15) is 0 Å². The molecule has 2 unspecified atom stereocenters. The average molecular weight is 364 g/mol. The first-order chi connectivity index (χ1) is 12.6. The second-order valence-electron chi connectivity index (χ2n) is 6.69. The molecule has 0 saturated carbocycles. The minimum absolute atomic E-state index is 0.0206. The Labute approximate surface area is 155 Å². The largest absolute Gasteiger partial charge is 0.491 e. The maximum atomic E-state index is 12.7. The van der Waals surface area contributed by atoms with Gasteiger partial charge in [0.05, 0.1) is 0 Å². The molecule has 0 saturated heterocycles. The molecule has 2 aromatic carbocycles. The van der Waals surface area contributed by atoms with E-state index in [2.05, 4.69) is 19.1 Å². The summed E-state index contributed by atoms with van der Waals surface area (Å²) in [5, 5.41) is 11.7. The highest BCUT2D eigenvalue weighted by molar-refractivity contribution is 7.24. The normalized spacial score (nSPS) is 18.1. The SMILES string of the molecule is CC1C=CC(C(O)COc2ccc3sc4ccccc4c(=O)c3c2)=CC1. The van der Waals surface area contributed by atoms with Crippen molar-refractivity contribution in [2.45, 2.75) is 19.4 Å². The van der Waals surface area contributed by atoms with Gasteiger partial charge in [0.25, 0.3) is 0 Å². The van der Waals surface area contributed by atoms with Gasteiger partial charge < -0.3 is 9.84 Å². The number of aliphatic hydroxyl groups is 1. The van der Waals surface area contributed by atoms with Gasteiger partial charge in [-0.25, -0.2) is 0 Å². The predicted octanol–water partition coefficient (Wildman–Crippen LogP) is 4.68. The first-order valence-corrected chi connectivity index (χ1v) is 9.58. The Hall–Kier alpha value is -2.43. The molecule has 0 bridgehead atoms. The molecule has 0 radical (unpaired) electrons. The quantitative estimate of drug-likeness (QED) is 0.684. The summed E-state index contributed by atoms with van der Waals surface area (Å²) in [6.07, 6.45) is 6.40. The lowest BCUT2D eigenvalue weighted by molar-refractivity contribution is 0.137. The van der Waals surface area contributed by atoms with Crippen molar-refractivity contribution >= 4 is 31.5 Å². The molecule has 1 heterocycles. The highest BCUT2D eigenvalue weighted by atomic mass is 32.1. The van der Waals surface area contributed by atoms with Crippen molar-refractivity contribution in [1.29, 1.82) is 0 Å². The molecule has 26 heavy (non-hydrogen) atoms. The lowest BCUT2D eigenvalue weighted by atomic mass is 9.96. The van der Waals surface area contributed by atoms with E-state index in [0.717, 1.165) is 26.8 Å². The number of hydrogen-bond acceptors (Lipinski definition) is 4. The molecule has 132 valence electrons. The van der Waals surface area contributed by atoms with Crippen LogP contribution in [0.2, 0.25) is 0 Å². The molecule has 0 fully saturated rings. The number of aliphatic hydroxyl groups excluding tert-OH is 1. The van der Waals surface area contributed by atoms with Crippen molar-refractivity contribution in [2.24, 2.45) is 5.92 Å². The van der Waals surface area contributed by atoms with E-state index in [4.69, 9.17) is 4.74 Å². The van der Waals surface area contributed by atoms with Crippen LogP contribution in [0.5, 0.6) is 5.75 Å². The van der Waals surface area contributed by atoms with Crippen LogP contribution in [0.25, 0.3) is 20.2 Å². The van der Waals surface area contributed by atoms with Crippen molar-refractivity contribution in [2.75, 3.05) is 6.61 Å². The van der Waals surface area contributed by atoms with Crippen molar-refractivity contribution < 1.29 is 9.84 Å². The highest BCUT2D eigenvalue weighted by Crippen LogP contribution is 2.27. The molecule has 3 nitrogen and oxygen atoms in total. The lowest BCUT2D eigenvalue weighted by Gasteiger charge is -2.17. The smallest absolute Gasteiger partial charge is 0.196 e. The van der Waals surface area contributed by atoms with Gasteiger partial charge in [-0.15, -0.1) is 11.3 Å². The maximum absolute atomic E-state index is 12.7. The number of rotatable bonds is 4. The number of benzene rings is 2. The first kappa shape index (κ1) is 17.0. The molecular formula is C22H20O3S. The molecule has 4 rings (SSSR count). The number of hydrogen-bond donors (Lipinski definition) is 1. The maximum Gasteiger partial charge on any atom is 0.196 e. The monoisotopic (exact) mass is 364 g/mol. The molecule has 1 aromatic heterocycles. The second kappa shape index (κ2) is 7.06. The van der Waals surface area contributed by atoms with Crippen molar-refractivity contribution in [3.8, 4) is 5.75 Å². The van der Waals surface area contributed by atoms with Crippen LogP contribution in [-0.2, 0) is 0 Å². The zero-order valence-corrected chi connectivity index (χ0v) is 15.3. The number of ether oxygens (including phenoxy) is 1. The molecule has 1 N–H and O–H groups in total. The zero-order valence-electron chi connectivity index (χ0n) is 14.5. The Morgan fingerprint density at radius 2 is 2.00 bits per heavy atom. The van der Waals surface area contributed by atoms with E-state index < -0.39 is 6.10 Å². The van der Waals surface area contributed by atoms with E-state index in [1.165, 1.54) is 0 Å². The summed E-state index contributed by atoms with van der Waals surface area (Å²) in [5.41, 5.74) is 0.911. The summed E-state index contributed by atoms with van der Waals surface area (Å²) in [7, 11) is 0. The van der Waals surface area contributed by atoms with E-state index in [1.807, 2.05) is 42.5 Å². The van der Waals surface area contributed by atoms with Gasteiger partial charge in [-0.3, -0.25) is 4.79 Å². The van der Waals surface area contributed by atoms with Crippen LogP contribution in [0.1, 0.15) is 13.3 Å². The van der Waals surface area contributed by atoms with Crippen molar-refractivity contribution in [3.05, 3.63) is 76.5 Å². The predicted molar refractivity (Wildman–Crippen MR) is 108 cm³/mol. The molecule has 4 heteroatoms. The fourth-order valence-electron chi connectivity index (χ4n) is 3.13. The topological polar surface area (TPSA) is 46.5 Å². The third-order valence-electron chi connectivity index (χ3n) is 4.68. The molecule has 0 aliphatic heterocycles. The molecule has 0 amide bonds. The molecule has 2 atom stereocenters. The molecule has 0 spiro atoms. The summed E-state index contributed by atoms with van der Waals surface area (Å²) in [6, 6.07) is 13.2. The van der Waals surface area contributed by atoms with Crippen LogP contribution in [0, 0.1) is 5.92 Å². The Balaban J connectivity index is 1.58. The summed E-state index contributed by atoms with van der Waals surface area (Å²) in [5.74, 6) is 1.11. The third kappa shape index (κ3) is 3.30. The minimum atomic E-state index is -0.666. The van der Waals surface area contributed by atoms with Crippen LogP contribution < -0.4 is 10.2 Å². The lowest BCUT2D eigenvalue weighted by Crippen LogP contribution is -2.20. The van der Waals surface area contributed by atoms with Gasteiger partial charge >= 0.3 is 0 Å². The Morgan fingerprint density at radius 3 is 2.81 bits per heavy atom. The summed E-state index contributed by atoms with van der Waals surface area (Å²) in [6.45, 7) is 2.31. The zero-order chi connectivity index (χ0) is 18.1. The van der Waals surface area contributed by atoms with Crippen LogP contribution in [0.4, 0.5) is 0 Å². The summed E-state index contributed by atoms with van der Waals surface area (Å²) in [4.78, 5) is 12.7. The van der Waals surface area contributed by atoms with Gasteiger partial charge in [0, 0.05) is 20.2 Å². The van der Waals surface area contributed by atoms with Gasteiger partial charge in [-0.1, -0.05) is 37.3 Å². The fraction of sp³-hybridized carbons (Fsp3) is 0.227. The first-order valence-electron chi connectivity index (χ1n) is 8.76. The van der Waals surface area contributed by atoms with E-state index in [9.17, 15) is 9.90 Å². The van der Waals surface area contributed by atoms with Gasteiger partial charge in [0.1, 0.15) is 18.5 Å². The molecule has 1 aliphatic carbocycles. The molecule has 3 aromatic rings. The molecular weight excluding hydrogens is 344 g/mol. The van der Waals surface area contributed by atoms with Gasteiger partial charge in [-0.05, 0) is 48.2 Å². The van der Waals surface area contributed by atoms with Crippen LogP contribution in [0.15, 0.2) is 71.1 Å². The van der Waals surface area contributed by atoms with E-state index in [0.29, 0.717) is 17.1 Å². The second-order valence-corrected chi connectivity index (χ2v) is 7.77. The standard InChI is InChI=1S/C22H20O3S/c1-14-6-8-15(9-7-14)19(23)13-25-16-10-11-21-18(12-16)22(24)17-4-2-3-5-20(17)26-21/h2-6,8-12,14,19,23H,7,13H2,1H3. The van der Waals surface area contributed by atoms with Crippen molar-refractivity contribution in [1.82, 2.24) is 0 Å². The van der Waals surface area contributed by atoms with Gasteiger partial charge in [0.2, 0.25) is 0 Å². The third-order valence-corrected chi connectivity index (χ3v) is 5.83. The van der Waals surface area contributed by atoms with Crippen LogP contribution >= 0.6 is 11.3 Å². The average Bonchev–Trinajstić information content (AvgIpc) is 2.67. The van der Waals surface area contributed by atoms with E-state index in [1.54, 1.807) is 17.4 Å².